The number of hydrogen-bond acceptors (Lipinski definition) is 4. The Morgan fingerprint density at radius 1 is 1.06 bits per heavy atom. The van der Waals surface area contributed by atoms with E-state index in [1.54, 1.807) is 7.05 Å². The maximum Gasteiger partial charge on any atom is 0.215 e. The van der Waals surface area contributed by atoms with Gasteiger partial charge in [0, 0.05) is 13.6 Å². The molecule has 0 amide bonds. The van der Waals surface area contributed by atoms with E-state index in [9.17, 15) is 8.42 Å². The molecule has 1 atom stereocenters. The molecule has 3 N–H and O–H groups in total. The molecule has 1 unspecified atom stereocenters. The van der Waals surface area contributed by atoms with Crippen LogP contribution in [0.1, 0.15) is 43.5 Å². The molecule has 0 heterocycles. The molecule has 2 aromatic rings. The highest BCUT2D eigenvalue weighted by atomic mass is 32.2. The van der Waals surface area contributed by atoms with Gasteiger partial charge in [-0.25, -0.2) is 13.1 Å². The SMILES string of the molecule is CN=C(NCc1cccc(CS(=O)(=O)NC)c1)NC(C)c1ccc(OCC(C)C)cc1. The lowest BCUT2D eigenvalue weighted by molar-refractivity contribution is 0.271. The first-order valence-corrected chi connectivity index (χ1v) is 12.1. The highest BCUT2D eigenvalue weighted by Crippen LogP contribution is 2.18. The number of ether oxygens (including phenoxy) is 1. The Kier molecular flexibility index (Phi) is 9.33. The van der Waals surface area contributed by atoms with Gasteiger partial charge in [0.2, 0.25) is 10.0 Å². The lowest BCUT2D eigenvalue weighted by Gasteiger charge is -2.19. The minimum absolute atomic E-state index is 0.0434. The summed E-state index contributed by atoms with van der Waals surface area (Å²) in [6.07, 6.45) is 0. The molecule has 0 aliphatic carbocycles. The van der Waals surface area contributed by atoms with Crippen LogP contribution in [0.2, 0.25) is 0 Å². The molecule has 0 aliphatic heterocycles. The van der Waals surface area contributed by atoms with Gasteiger partial charge >= 0.3 is 0 Å². The standard InChI is InChI=1S/C23H34N4O3S/c1-17(2)15-30-22-11-9-21(10-12-22)18(3)27-23(24-4)26-14-19-7-6-8-20(13-19)16-31(28,29)25-5/h6-13,17-18,25H,14-16H2,1-5H3,(H2,24,26,27). The largest absolute Gasteiger partial charge is 0.493 e. The molecular weight excluding hydrogens is 412 g/mol. The molecule has 0 aliphatic rings. The van der Waals surface area contributed by atoms with Crippen LogP contribution < -0.4 is 20.1 Å². The van der Waals surface area contributed by atoms with Gasteiger partial charge in [0.05, 0.1) is 18.4 Å². The number of sulfonamides is 1. The van der Waals surface area contributed by atoms with E-state index in [1.807, 2.05) is 48.5 Å². The summed E-state index contributed by atoms with van der Waals surface area (Å²) >= 11 is 0. The number of rotatable bonds is 10. The molecule has 0 fully saturated rings. The first-order chi connectivity index (χ1) is 14.7. The molecule has 7 nitrogen and oxygen atoms in total. The van der Waals surface area contributed by atoms with Crippen molar-refractivity contribution in [2.75, 3.05) is 20.7 Å². The topological polar surface area (TPSA) is 91.8 Å². The van der Waals surface area contributed by atoms with Crippen molar-refractivity contribution in [3.05, 3.63) is 65.2 Å². The summed E-state index contributed by atoms with van der Waals surface area (Å²) < 4.78 is 31.6. The Balaban J connectivity index is 1.92. The summed E-state index contributed by atoms with van der Waals surface area (Å²) in [6.45, 7) is 7.55. The number of nitrogens with one attached hydrogen (secondary N) is 3. The zero-order valence-corrected chi connectivity index (χ0v) is 19.8. The van der Waals surface area contributed by atoms with Crippen LogP contribution in [0.4, 0.5) is 0 Å². The average molecular weight is 447 g/mol. The summed E-state index contributed by atoms with van der Waals surface area (Å²) in [5, 5.41) is 6.66. The van der Waals surface area contributed by atoms with Crippen LogP contribution >= 0.6 is 0 Å². The number of benzene rings is 2. The molecule has 8 heteroatoms. The lowest BCUT2D eigenvalue weighted by Crippen LogP contribution is -2.38. The van der Waals surface area contributed by atoms with Crippen LogP contribution in [0.15, 0.2) is 53.5 Å². The normalized spacial score (nSPS) is 13.2. The van der Waals surface area contributed by atoms with Crippen LogP contribution in [-0.4, -0.2) is 35.1 Å². The van der Waals surface area contributed by atoms with Crippen LogP contribution in [0.25, 0.3) is 0 Å². The summed E-state index contributed by atoms with van der Waals surface area (Å²) in [4.78, 5) is 4.29. The second kappa shape index (κ2) is 11.7. The van der Waals surface area contributed by atoms with Crippen molar-refractivity contribution < 1.29 is 13.2 Å². The Bertz CT molecular complexity index is 957. The Morgan fingerprint density at radius 2 is 1.74 bits per heavy atom. The van der Waals surface area contributed by atoms with E-state index in [1.165, 1.54) is 7.05 Å². The third-order valence-electron chi connectivity index (χ3n) is 4.66. The fourth-order valence-corrected chi connectivity index (χ4v) is 3.67. The molecule has 2 rings (SSSR count). The maximum atomic E-state index is 11.8. The smallest absolute Gasteiger partial charge is 0.215 e. The van der Waals surface area contributed by atoms with Crippen molar-refractivity contribution in [2.24, 2.45) is 10.9 Å². The van der Waals surface area contributed by atoms with Gasteiger partial charge in [0.15, 0.2) is 5.96 Å². The van der Waals surface area contributed by atoms with Gasteiger partial charge in [0.1, 0.15) is 5.75 Å². The molecule has 31 heavy (non-hydrogen) atoms. The van der Waals surface area contributed by atoms with Crippen LogP contribution in [-0.2, 0) is 22.3 Å². The number of hydrogen-bond donors (Lipinski definition) is 3. The summed E-state index contributed by atoms with van der Waals surface area (Å²) in [5.41, 5.74) is 2.84. The number of aliphatic imine (C=N–C) groups is 1. The van der Waals surface area contributed by atoms with Gasteiger partial charge in [-0.15, -0.1) is 0 Å². The monoisotopic (exact) mass is 446 g/mol. The third kappa shape index (κ3) is 8.59. The maximum absolute atomic E-state index is 11.8. The Morgan fingerprint density at radius 3 is 2.35 bits per heavy atom. The van der Waals surface area contributed by atoms with Crippen molar-refractivity contribution in [3.63, 3.8) is 0 Å². The van der Waals surface area contributed by atoms with Crippen LogP contribution in [0.5, 0.6) is 5.75 Å². The van der Waals surface area contributed by atoms with Gasteiger partial charge in [-0.05, 0) is 48.7 Å². The van der Waals surface area contributed by atoms with E-state index in [0.717, 1.165) is 22.4 Å². The van der Waals surface area contributed by atoms with Gasteiger partial charge in [-0.2, -0.15) is 0 Å². The minimum atomic E-state index is -3.30. The molecule has 0 bridgehead atoms. The molecule has 0 saturated heterocycles. The van der Waals surface area contributed by atoms with E-state index < -0.39 is 10.0 Å². The number of nitrogens with zero attached hydrogens (tertiary/aromatic N) is 1. The molecule has 0 spiro atoms. The predicted molar refractivity (Wildman–Crippen MR) is 127 cm³/mol. The van der Waals surface area contributed by atoms with E-state index in [2.05, 4.69) is 41.1 Å². The van der Waals surface area contributed by atoms with Crippen LogP contribution in [0, 0.1) is 5.92 Å². The zero-order valence-electron chi connectivity index (χ0n) is 19.0. The molecule has 2 aromatic carbocycles. The number of guanidine groups is 1. The molecular formula is C23H34N4O3S. The van der Waals surface area contributed by atoms with Crippen molar-refractivity contribution in [1.29, 1.82) is 0 Å². The fourth-order valence-electron chi connectivity index (χ4n) is 2.91. The van der Waals surface area contributed by atoms with Crippen molar-refractivity contribution in [2.45, 2.75) is 39.1 Å². The molecule has 0 aromatic heterocycles. The van der Waals surface area contributed by atoms with Crippen molar-refractivity contribution in [3.8, 4) is 5.75 Å². The van der Waals surface area contributed by atoms with Crippen LogP contribution in [0.3, 0.4) is 0 Å². The highest BCUT2D eigenvalue weighted by Gasteiger charge is 2.10. The van der Waals surface area contributed by atoms with E-state index in [4.69, 9.17) is 4.74 Å². The fraction of sp³-hybridized carbons (Fsp3) is 0.435. The first-order valence-electron chi connectivity index (χ1n) is 10.4. The summed E-state index contributed by atoms with van der Waals surface area (Å²) in [7, 11) is -0.155. The van der Waals surface area contributed by atoms with E-state index in [0.29, 0.717) is 25.0 Å². The summed E-state index contributed by atoms with van der Waals surface area (Å²) in [5.74, 6) is 1.98. The Hall–Kier alpha value is -2.58. The van der Waals surface area contributed by atoms with E-state index >= 15 is 0 Å². The van der Waals surface area contributed by atoms with E-state index in [-0.39, 0.29) is 11.8 Å². The van der Waals surface area contributed by atoms with Gasteiger partial charge in [-0.1, -0.05) is 50.2 Å². The third-order valence-corrected chi connectivity index (χ3v) is 5.99. The zero-order chi connectivity index (χ0) is 22.9. The quantitative estimate of drug-likeness (QED) is 0.385. The van der Waals surface area contributed by atoms with Gasteiger partial charge < -0.3 is 15.4 Å². The van der Waals surface area contributed by atoms with Gasteiger partial charge in [-0.3, -0.25) is 4.99 Å². The predicted octanol–water partition coefficient (Wildman–Crippen LogP) is 3.20. The molecule has 0 saturated carbocycles. The van der Waals surface area contributed by atoms with Crippen molar-refractivity contribution >= 4 is 16.0 Å². The highest BCUT2D eigenvalue weighted by molar-refractivity contribution is 7.88. The summed E-state index contributed by atoms with van der Waals surface area (Å²) in [6, 6.07) is 15.6. The van der Waals surface area contributed by atoms with Gasteiger partial charge in [0.25, 0.3) is 0 Å². The lowest BCUT2D eigenvalue weighted by atomic mass is 10.1. The second-order valence-corrected chi connectivity index (χ2v) is 9.78. The average Bonchev–Trinajstić information content (AvgIpc) is 2.75. The molecule has 170 valence electrons. The molecule has 0 radical (unpaired) electrons. The minimum Gasteiger partial charge on any atom is -0.493 e. The first kappa shape index (κ1) is 24.7. The Labute approximate surface area is 186 Å². The second-order valence-electron chi connectivity index (χ2n) is 7.85. The van der Waals surface area contributed by atoms with Crippen molar-refractivity contribution in [1.82, 2.24) is 15.4 Å².